The number of aromatic amines is 1. The predicted molar refractivity (Wildman–Crippen MR) is 83.7 cm³/mol. The lowest BCUT2D eigenvalue weighted by atomic mass is 10.1. The Balaban J connectivity index is 2.14. The quantitative estimate of drug-likeness (QED) is 0.677. The van der Waals surface area contributed by atoms with E-state index < -0.39 is 0 Å². The Morgan fingerprint density at radius 2 is 1.81 bits per heavy atom. The van der Waals surface area contributed by atoms with Gasteiger partial charge in [0.05, 0.1) is 17.1 Å². The molecule has 0 aliphatic heterocycles. The maximum absolute atomic E-state index is 13.2. The van der Waals surface area contributed by atoms with E-state index in [9.17, 15) is 4.39 Å². The Hall–Kier alpha value is -2.68. The first-order valence-corrected chi connectivity index (χ1v) is 6.78. The topological polar surface area (TPSA) is 28.1 Å². The highest BCUT2D eigenvalue weighted by atomic mass is 19.1. The monoisotopic (exact) mass is 278 g/mol. The van der Waals surface area contributed by atoms with Gasteiger partial charge in [-0.1, -0.05) is 30.3 Å². The smallest absolute Gasteiger partial charge is 0.123 e. The molecule has 21 heavy (non-hydrogen) atoms. The third kappa shape index (κ3) is 2.92. The molecule has 0 bridgehead atoms. The number of halogens is 1. The molecule has 0 saturated carbocycles. The number of aryl methyl sites for hydroxylation is 1. The van der Waals surface area contributed by atoms with Gasteiger partial charge in [0.1, 0.15) is 5.82 Å². The summed E-state index contributed by atoms with van der Waals surface area (Å²) in [5.41, 5.74) is 4.38. The van der Waals surface area contributed by atoms with Crippen LogP contribution in [-0.4, -0.2) is 10.7 Å². The minimum Gasteiger partial charge on any atom is -0.360 e. The van der Waals surface area contributed by atoms with Gasteiger partial charge in [-0.05, 0) is 42.8 Å². The maximum Gasteiger partial charge on any atom is 0.123 e. The van der Waals surface area contributed by atoms with Crippen molar-refractivity contribution in [3.8, 4) is 0 Å². The minimum absolute atomic E-state index is 0.243. The van der Waals surface area contributed by atoms with Crippen molar-refractivity contribution in [3.63, 3.8) is 0 Å². The highest BCUT2D eigenvalue weighted by molar-refractivity contribution is 6.12. The van der Waals surface area contributed by atoms with Crippen LogP contribution in [0.1, 0.15) is 16.8 Å². The average molecular weight is 278 g/mol. The lowest BCUT2D eigenvalue weighted by Crippen LogP contribution is -2.03. The summed E-state index contributed by atoms with van der Waals surface area (Å²) in [4.78, 5) is 7.91. The Kier molecular flexibility index (Phi) is 3.65. The summed E-state index contributed by atoms with van der Waals surface area (Å²) >= 11 is 0. The number of rotatable bonds is 3. The molecule has 0 atom stereocenters. The molecule has 0 amide bonds. The molecule has 3 aromatic rings. The number of hydrogen-bond acceptors (Lipinski definition) is 1. The fraction of sp³-hybridized carbons (Fsp3) is 0.0556. The normalized spacial score (nSPS) is 11.6. The number of nitrogens with one attached hydrogen (secondary N) is 1. The molecule has 3 rings (SSSR count). The van der Waals surface area contributed by atoms with Crippen LogP contribution in [0.3, 0.4) is 0 Å². The zero-order valence-electron chi connectivity index (χ0n) is 11.7. The molecule has 0 aliphatic rings. The van der Waals surface area contributed by atoms with Gasteiger partial charge < -0.3 is 4.98 Å². The molecule has 1 aromatic heterocycles. The van der Waals surface area contributed by atoms with E-state index in [1.807, 2.05) is 55.6 Å². The van der Waals surface area contributed by atoms with Gasteiger partial charge in [-0.15, -0.1) is 0 Å². The standard InChI is InChI=1S/C18H15FN2/c1-13-12-15(19)9-10-16(13)21-18(17-8-5-11-20-17)14-6-3-2-4-7-14/h2-12,20H,1H3. The number of aliphatic imine (C=N–C) groups is 1. The van der Waals surface area contributed by atoms with E-state index in [2.05, 4.69) is 4.98 Å². The van der Waals surface area contributed by atoms with Crippen LogP contribution in [0.4, 0.5) is 10.1 Å². The maximum atomic E-state index is 13.2. The molecule has 1 N–H and O–H groups in total. The van der Waals surface area contributed by atoms with Crippen molar-refractivity contribution in [2.45, 2.75) is 6.92 Å². The average Bonchev–Trinajstić information content (AvgIpc) is 3.01. The van der Waals surface area contributed by atoms with Crippen LogP contribution < -0.4 is 0 Å². The van der Waals surface area contributed by atoms with Crippen molar-refractivity contribution in [1.82, 2.24) is 4.98 Å². The van der Waals surface area contributed by atoms with Crippen molar-refractivity contribution in [1.29, 1.82) is 0 Å². The summed E-state index contributed by atoms with van der Waals surface area (Å²) in [5, 5.41) is 0. The molecule has 0 unspecified atom stereocenters. The van der Waals surface area contributed by atoms with Crippen LogP contribution in [0.2, 0.25) is 0 Å². The van der Waals surface area contributed by atoms with Gasteiger partial charge in [0.2, 0.25) is 0 Å². The van der Waals surface area contributed by atoms with Gasteiger partial charge in [0, 0.05) is 11.8 Å². The molecule has 0 fully saturated rings. The molecule has 1 heterocycles. The number of nitrogens with zero attached hydrogens (tertiary/aromatic N) is 1. The Bertz CT molecular complexity index is 759. The first-order valence-electron chi connectivity index (χ1n) is 6.78. The second-order valence-corrected chi connectivity index (χ2v) is 4.84. The molecule has 0 saturated heterocycles. The lowest BCUT2D eigenvalue weighted by molar-refractivity contribution is 0.627. The molecule has 2 aromatic carbocycles. The van der Waals surface area contributed by atoms with E-state index in [4.69, 9.17) is 4.99 Å². The van der Waals surface area contributed by atoms with Crippen LogP contribution in [-0.2, 0) is 0 Å². The molecule has 104 valence electrons. The van der Waals surface area contributed by atoms with Gasteiger partial charge >= 0.3 is 0 Å². The first-order chi connectivity index (χ1) is 10.2. The fourth-order valence-electron chi connectivity index (χ4n) is 2.22. The summed E-state index contributed by atoms with van der Waals surface area (Å²) in [6.07, 6.45) is 1.87. The molecular weight excluding hydrogens is 263 g/mol. The summed E-state index contributed by atoms with van der Waals surface area (Å²) in [7, 11) is 0. The van der Waals surface area contributed by atoms with Crippen LogP contribution in [0, 0.1) is 12.7 Å². The predicted octanol–water partition coefficient (Wildman–Crippen LogP) is 4.63. The van der Waals surface area contributed by atoms with Crippen molar-refractivity contribution < 1.29 is 4.39 Å². The molecule has 0 aliphatic carbocycles. The van der Waals surface area contributed by atoms with Gasteiger partial charge in [-0.3, -0.25) is 0 Å². The summed E-state index contributed by atoms with van der Waals surface area (Å²) in [6, 6.07) is 18.5. The zero-order valence-corrected chi connectivity index (χ0v) is 11.7. The third-order valence-corrected chi connectivity index (χ3v) is 3.29. The molecular formula is C18H15FN2. The Labute approximate surface area is 123 Å². The van der Waals surface area contributed by atoms with Gasteiger partial charge in [0.15, 0.2) is 0 Å². The molecule has 0 spiro atoms. The zero-order chi connectivity index (χ0) is 14.7. The van der Waals surface area contributed by atoms with E-state index in [0.717, 1.165) is 28.2 Å². The van der Waals surface area contributed by atoms with Gasteiger partial charge in [-0.25, -0.2) is 9.38 Å². The van der Waals surface area contributed by atoms with E-state index in [-0.39, 0.29) is 5.82 Å². The minimum atomic E-state index is -0.243. The Morgan fingerprint density at radius 3 is 2.48 bits per heavy atom. The molecule has 3 heteroatoms. The van der Waals surface area contributed by atoms with Crippen molar-refractivity contribution in [2.75, 3.05) is 0 Å². The highest BCUT2D eigenvalue weighted by Crippen LogP contribution is 2.22. The van der Waals surface area contributed by atoms with E-state index in [1.165, 1.54) is 12.1 Å². The molecule has 2 nitrogen and oxygen atoms in total. The summed E-state index contributed by atoms with van der Waals surface area (Å²) in [5.74, 6) is -0.243. The van der Waals surface area contributed by atoms with Crippen LogP contribution in [0.15, 0.2) is 71.9 Å². The van der Waals surface area contributed by atoms with E-state index in [0.29, 0.717) is 0 Å². The van der Waals surface area contributed by atoms with Gasteiger partial charge in [-0.2, -0.15) is 0 Å². The van der Waals surface area contributed by atoms with E-state index in [1.54, 1.807) is 6.07 Å². The van der Waals surface area contributed by atoms with Crippen LogP contribution >= 0.6 is 0 Å². The number of hydrogen-bond donors (Lipinski definition) is 1. The van der Waals surface area contributed by atoms with Crippen LogP contribution in [0.25, 0.3) is 0 Å². The summed E-state index contributed by atoms with van der Waals surface area (Å²) in [6.45, 7) is 1.86. The van der Waals surface area contributed by atoms with E-state index >= 15 is 0 Å². The second-order valence-electron chi connectivity index (χ2n) is 4.84. The fourth-order valence-corrected chi connectivity index (χ4v) is 2.22. The number of benzene rings is 2. The van der Waals surface area contributed by atoms with Crippen molar-refractivity contribution >= 4 is 11.4 Å². The molecule has 0 radical (unpaired) electrons. The first kappa shape index (κ1) is 13.3. The number of aromatic nitrogens is 1. The number of H-pyrrole nitrogens is 1. The second kappa shape index (κ2) is 5.75. The largest absolute Gasteiger partial charge is 0.360 e. The highest BCUT2D eigenvalue weighted by Gasteiger charge is 2.09. The Morgan fingerprint density at radius 1 is 1.00 bits per heavy atom. The third-order valence-electron chi connectivity index (χ3n) is 3.29. The van der Waals surface area contributed by atoms with Crippen molar-refractivity contribution in [2.24, 2.45) is 4.99 Å². The van der Waals surface area contributed by atoms with Crippen LogP contribution in [0.5, 0.6) is 0 Å². The lowest BCUT2D eigenvalue weighted by Gasteiger charge is -2.07. The SMILES string of the molecule is Cc1cc(F)ccc1N=C(c1ccccc1)c1ccc[nH]1. The summed E-state index contributed by atoms with van der Waals surface area (Å²) < 4.78 is 13.2. The van der Waals surface area contributed by atoms with Crippen molar-refractivity contribution in [3.05, 3.63) is 89.5 Å². The van der Waals surface area contributed by atoms with Gasteiger partial charge in [0.25, 0.3) is 0 Å².